The van der Waals surface area contributed by atoms with Gasteiger partial charge in [-0.2, -0.15) is 10.1 Å². The molecular weight excluding hydrogens is 836 g/mol. The Morgan fingerprint density at radius 1 is 0.952 bits per heavy atom. The number of anilines is 4. The molecule has 5 aliphatic rings. The molecule has 0 spiro atoms. The van der Waals surface area contributed by atoms with Crippen LogP contribution in [0.3, 0.4) is 0 Å². The number of nitrogens with one attached hydrogen (secondary N) is 3. The highest BCUT2D eigenvalue weighted by Gasteiger charge is 2.51. The standard InChI is InChI=1S/C44H48ClF2N11O5/c1-54-32-9-6-27(20-30(32)36-37(42(54)62)63-23-44(46,47)38(51-36)25-3-4-25)49-39-31(45)21-48-43(52-39)58-13-11-24(12-14-58)22-56-15-17-57(18-16-56)41(61)26-5-7-28-33(19-26)55(2)53-35(28)29-8-10-34(59)50-40(29)60/h5-7,9,19-21,24-25,29,38,51H,3-4,8,10-18,22-23H2,1-2H3,(H,48,49,52)(H,50,59,60)/t29?,38-/m0/s1. The van der Waals surface area contributed by atoms with Gasteiger partial charge in [0.1, 0.15) is 5.02 Å². The van der Waals surface area contributed by atoms with Gasteiger partial charge in [0.2, 0.25) is 23.5 Å². The minimum atomic E-state index is -3.14. The zero-order valence-corrected chi connectivity index (χ0v) is 35.8. The third-order valence-corrected chi connectivity index (χ3v) is 13.7. The maximum atomic E-state index is 15.2. The first-order chi connectivity index (χ1) is 30.3. The van der Waals surface area contributed by atoms with E-state index in [0.29, 0.717) is 82.9 Å². The Morgan fingerprint density at radius 3 is 2.48 bits per heavy atom. The lowest BCUT2D eigenvalue weighted by Crippen LogP contribution is -2.50. The quantitative estimate of drug-likeness (QED) is 0.178. The van der Waals surface area contributed by atoms with Crippen molar-refractivity contribution < 1.29 is 27.9 Å². The van der Waals surface area contributed by atoms with Crippen LogP contribution in [0.2, 0.25) is 5.02 Å². The smallest absolute Gasteiger partial charge is 0.301 e. The van der Waals surface area contributed by atoms with Gasteiger partial charge in [0.05, 0.1) is 40.6 Å². The van der Waals surface area contributed by atoms with Gasteiger partial charge in [0.15, 0.2) is 12.4 Å². The number of halogens is 3. The van der Waals surface area contributed by atoms with Crippen LogP contribution >= 0.6 is 11.6 Å². The molecule has 3 saturated heterocycles. The van der Waals surface area contributed by atoms with Crippen molar-refractivity contribution in [3.8, 4) is 5.75 Å². The molecule has 3 amide bonds. The fraction of sp³-hybridized carbons (Fsp3) is 0.477. The van der Waals surface area contributed by atoms with Gasteiger partial charge in [0.25, 0.3) is 11.5 Å². The number of piperidine rings is 2. The third kappa shape index (κ3) is 7.81. The van der Waals surface area contributed by atoms with Crippen LogP contribution in [0.4, 0.5) is 31.9 Å². The summed E-state index contributed by atoms with van der Waals surface area (Å²) in [6.45, 7) is 4.39. The molecule has 330 valence electrons. The SMILES string of the molecule is Cn1nc(C2CCC(=O)NC2=O)c2ccc(C(=O)N3CCN(CC4CCN(c5ncc(Cl)c(Nc6ccc7c(c6)c6c(c(=O)n7C)OCC(F)(F)[C@H](C7CC7)N6)n5)CC4)CC3)cc21. The number of rotatable bonds is 8. The Kier molecular flexibility index (Phi) is 10.5. The fourth-order valence-corrected chi connectivity index (χ4v) is 9.79. The van der Waals surface area contributed by atoms with Gasteiger partial charge in [-0.25, -0.2) is 13.8 Å². The summed E-state index contributed by atoms with van der Waals surface area (Å²) in [7, 11) is 3.40. The Labute approximate surface area is 365 Å². The molecule has 2 atom stereocenters. The van der Waals surface area contributed by atoms with Crippen molar-refractivity contribution in [2.45, 2.75) is 56.4 Å². The van der Waals surface area contributed by atoms with E-state index in [4.69, 9.17) is 21.3 Å². The van der Waals surface area contributed by atoms with Gasteiger partial charge in [-0.1, -0.05) is 17.7 Å². The van der Waals surface area contributed by atoms with E-state index < -0.39 is 30.0 Å². The minimum Gasteiger partial charge on any atom is -0.480 e. The van der Waals surface area contributed by atoms with Crippen LogP contribution in [0.15, 0.2) is 47.4 Å². The third-order valence-electron chi connectivity index (χ3n) is 13.4. The number of hydrogen-bond acceptors (Lipinski definition) is 12. The Morgan fingerprint density at radius 2 is 1.73 bits per heavy atom. The molecule has 4 aliphatic heterocycles. The molecule has 7 heterocycles. The number of fused-ring (bicyclic) bond motifs is 4. The van der Waals surface area contributed by atoms with E-state index in [9.17, 15) is 19.2 Å². The molecule has 3 N–H and O–H groups in total. The van der Waals surface area contributed by atoms with Crippen molar-refractivity contribution in [3.63, 3.8) is 0 Å². The summed E-state index contributed by atoms with van der Waals surface area (Å²) in [5.41, 5.74) is 2.92. The van der Waals surface area contributed by atoms with E-state index >= 15 is 8.78 Å². The van der Waals surface area contributed by atoms with E-state index in [1.807, 2.05) is 17.0 Å². The first-order valence-electron chi connectivity index (χ1n) is 21.6. The van der Waals surface area contributed by atoms with Crippen LogP contribution in [0, 0.1) is 11.8 Å². The molecule has 5 aromatic rings. The molecule has 19 heteroatoms. The highest BCUT2D eigenvalue weighted by atomic mass is 35.5. The Bertz CT molecular complexity index is 2720. The van der Waals surface area contributed by atoms with Gasteiger partial charge in [-0.3, -0.25) is 34.1 Å². The van der Waals surface area contributed by atoms with Gasteiger partial charge in [-0.05, 0) is 74.3 Å². The van der Waals surface area contributed by atoms with E-state index in [-0.39, 0.29) is 41.5 Å². The van der Waals surface area contributed by atoms with Crippen molar-refractivity contribution >= 4 is 74.3 Å². The summed E-state index contributed by atoms with van der Waals surface area (Å²) in [6, 6.07) is 9.72. The maximum Gasteiger partial charge on any atom is 0.301 e. The Balaban J connectivity index is 0.752. The molecule has 1 saturated carbocycles. The van der Waals surface area contributed by atoms with Gasteiger partial charge >= 0.3 is 5.92 Å². The number of carbonyl (C=O) groups is 3. The highest BCUT2D eigenvalue weighted by molar-refractivity contribution is 6.33. The summed E-state index contributed by atoms with van der Waals surface area (Å²) in [5, 5.41) is 15.0. The van der Waals surface area contributed by atoms with Crippen LogP contribution in [0.1, 0.15) is 60.5 Å². The lowest BCUT2D eigenvalue weighted by Gasteiger charge is -2.39. The average molecular weight is 884 g/mol. The molecule has 4 fully saturated rings. The second-order valence-electron chi connectivity index (χ2n) is 17.6. The number of piperazine rings is 1. The van der Waals surface area contributed by atoms with Crippen molar-refractivity contribution in [1.29, 1.82) is 0 Å². The minimum absolute atomic E-state index is 0.0340. The lowest BCUT2D eigenvalue weighted by atomic mass is 9.92. The number of benzene rings is 2. The molecule has 2 aromatic carbocycles. The average Bonchev–Trinajstić information content (AvgIpc) is 4.08. The van der Waals surface area contributed by atoms with Crippen molar-refractivity contribution in [2.75, 3.05) is 68.0 Å². The van der Waals surface area contributed by atoms with Crippen molar-refractivity contribution in [3.05, 3.63) is 69.2 Å². The van der Waals surface area contributed by atoms with Crippen LogP contribution < -0.4 is 31.1 Å². The summed E-state index contributed by atoms with van der Waals surface area (Å²) in [4.78, 5) is 67.0. The topological polar surface area (TPSA) is 172 Å². The van der Waals surface area contributed by atoms with Crippen LogP contribution in [-0.4, -0.2) is 116 Å². The second kappa shape index (κ2) is 16.0. The van der Waals surface area contributed by atoms with E-state index in [0.717, 1.165) is 56.5 Å². The molecule has 16 nitrogen and oxygen atoms in total. The fourth-order valence-electron chi connectivity index (χ4n) is 9.65. The predicted octanol–water partition coefficient (Wildman–Crippen LogP) is 5.03. The zero-order chi connectivity index (χ0) is 43.7. The summed E-state index contributed by atoms with van der Waals surface area (Å²) < 4.78 is 38.9. The number of nitrogens with zero attached hydrogens (tertiary/aromatic N) is 8. The monoisotopic (exact) mass is 883 g/mol. The maximum absolute atomic E-state index is 15.2. The molecule has 1 aliphatic carbocycles. The number of carbonyl (C=O) groups excluding carboxylic acids is 3. The van der Waals surface area contributed by atoms with Crippen LogP contribution in [0.25, 0.3) is 21.8 Å². The molecular formula is C44H48ClF2N11O5. The summed E-state index contributed by atoms with van der Waals surface area (Å²) in [6.07, 6.45) is 5.53. The first-order valence-corrected chi connectivity index (χ1v) is 22.0. The van der Waals surface area contributed by atoms with Gasteiger partial charge < -0.3 is 29.7 Å². The number of aryl methyl sites for hydroxylation is 2. The van der Waals surface area contributed by atoms with E-state index in [2.05, 4.69) is 35.8 Å². The number of aromatic nitrogens is 5. The number of alkyl halides is 2. The van der Waals surface area contributed by atoms with E-state index in [1.165, 1.54) is 4.57 Å². The van der Waals surface area contributed by atoms with Crippen LogP contribution in [-0.2, 0) is 23.7 Å². The number of pyridine rings is 1. The molecule has 0 radical (unpaired) electrons. The number of hydrogen-bond donors (Lipinski definition) is 3. The highest BCUT2D eigenvalue weighted by Crippen LogP contribution is 2.46. The lowest BCUT2D eigenvalue weighted by molar-refractivity contribution is -0.134. The summed E-state index contributed by atoms with van der Waals surface area (Å²) in [5.74, 6) is -3.18. The molecule has 3 aromatic heterocycles. The number of ether oxygens (including phenoxy) is 1. The second-order valence-corrected chi connectivity index (χ2v) is 18.0. The van der Waals surface area contributed by atoms with Crippen molar-refractivity contribution in [2.24, 2.45) is 25.9 Å². The molecule has 63 heavy (non-hydrogen) atoms. The normalized spacial score (nSPS) is 22.0. The molecule has 1 unspecified atom stereocenters. The zero-order valence-electron chi connectivity index (χ0n) is 35.0. The van der Waals surface area contributed by atoms with Crippen LogP contribution in [0.5, 0.6) is 5.75 Å². The molecule has 10 rings (SSSR count). The van der Waals surface area contributed by atoms with Crippen molar-refractivity contribution in [1.82, 2.24) is 39.4 Å². The molecule has 0 bridgehead atoms. The largest absolute Gasteiger partial charge is 0.480 e. The number of imide groups is 1. The van der Waals surface area contributed by atoms with Gasteiger partial charge in [-0.15, -0.1) is 0 Å². The Hall–Kier alpha value is -5.88. The summed E-state index contributed by atoms with van der Waals surface area (Å²) >= 11 is 6.62. The predicted molar refractivity (Wildman–Crippen MR) is 233 cm³/mol. The van der Waals surface area contributed by atoms with E-state index in [1.54, 1.807) is 49.2 Å². The van der Waals surface area contributed by atoms with Gasteiger partial charge in [0, 0.05) is 88.4 Å². The number of amides is 3. The first kappa shape index (κ1) is 41.1.